The van der Waals surface area contributed by atoms with E-state index in [1.807, 2.05) is 91.0 Å². The molecular formula is C38H42N4O4. The molecule has 5 aromatic rings. The fourth-order valence-electron chi connectivity index (χ4n) is 5.53. The Hall–Kier alpha value is -4.89. The number of nitrogens with zero attached hydrogens (tertiary/aromatic N) is 4. The van der Waals surface area contributed by atoms with Crippen LogP contribution in [-0.2, 0) is 32.7 Å². The summed E-state index contributed by atoms with van der Waals surface area (Å²) in [6.07, 6.45) is 1.80. The molecule has 8 nitrogen and oxygen atoms in total. The Kier molecular flexibility index (Phi) is 11.6. The van der Waals surface area contributed by atoms with Gasteiger partial charge in [0.2, 0.25) is 0 Å². The number of phenols is 4. The molecule has 4 N–H and O–H groups in total. The monoisotopic (exact) mass is 618 g/mol. The highest BCUT2D eigenvalue weighted by atomic mass is 16.3. The highest BCUT2D eigenvalue weighted by Crippen LogP contribution is 2.24. The number of pyridine rings is 1. The first-order chi connectivity index (χ1) is 22.4. The second-order valence-electron chi connectivity index (χ2n) is 11.5. The summed E-state index contributed by atoms with van der Waals surface area (Å²) in [5.74, 6) is 0.997. The van der Waals surface area contributed by atoms with Gasteiger partial charge in [-0.05, 0) is 36.4 Å². The minimum atomic E-state index is 0.249. The number of para-hydroxylation sites is 4. The lowest BCUT2D eigenvalue weighted by molar-refractivity contribution is 0.155. The lowest BCUT2D eigenvalue weighted by Crippen LogP contribution is -2.39. The van der Waals surface area contributed by atoms with Gasteiger partial charge in [-0.2, -0.15) is 0 Å². The first-order valence-electron chi connectivity index (χ1n) is 15.6. The van der Waals surface area contributed by atoms with Crippen molar-refractivity contribution in [1.29, 1.82) is 0 Å². The second kappa shape index (κ2) is 16.4. The fourth-order valence-corrected chi connectivity index (χ4v) is 5.53. The maximum Gasteiger partial charge on any atom is 0.120 e. The van der Waals surface area contributed by atoms with Crippen LogP contribution in [0.3, 0.4) is 0 Å². The largest absolute Gasteiger partial charge is 0.508 e. The van der Waals surface area contributed by atoms with Crippen LogP contribution < -0.4 is 0 Å². The lowest BCUT2D eigenvalue weighted by atomic mass is 10.1. The first kappa shape index (κ1) is 32.5. The molecule has 0 spiro atoms. The number of hydrogen-bond acceptors (Lipinski definition) is 8. The minimum absolute atomic E-state index is 0.249. The van der Waals surface area contributed by atoms with E-state index in [4.69, 9.17) is 0 Å². The third-order valence-corrected chi connectivity index (χ3v) is 8.12. The predicted octanol–water partition coefficient (Wildman–Crippen LogP) is 6.11. The van der Waals surface area contributed by atoms with E-state index in [1.165, 1.54) is 0 Å². The van der Waals surface area contributed by atoms with Crippen LogP contribution in [0.15, 0.2) is 121 Å². The first-order valence-corrected chi connectivity index (χ1v) is 15.6. The highest BCUT2D eigenvalue weighted by molar-refractivity contribution is 5.35. The van der Waals surface area contributed by atoms with Gasteiger partial charge in [0.1, 0.15) is 23.0 Å². The van der Waals surface area contributed by atoms with Crippen LogP contribution in [0.4, 0.5) is 0 Å². The number of benzene rings is 4. The van der Waals surface area contributed by atoms with E-state index in [0.717, 1.165) is 27.9 Å². The zero-order valence-corrected chi connectivity index (χ0v) is 26.0. The molecule has 0 radical (unpaired) electrons. The molecule has 0 bridgehead atoms. The minimum Gasteiger partial charge on any atom is -0.508 e. The summed E-state index contributed by atoms with van der Waals surface area (Å²) in [5, 5.41) is 42.2. The summed E-state index contributed by atoms with van der Waals surface area (Å²) in [7, 11) is 0. The van der Waals surface area contributed by atoms with E-state index in [0.29, 0.717) is 58.9 Å². The maximum atomic E-state index is 10.5. The van der Waals surface area contributed by atoms with Gasteiger partial charge in [-0.25, -0.2) is 0 Å². The molecule has 238 valence electrons. The summed E-state index contributed by atoms with van der Waals surface area (Å²) in [6.45, 7) is 5.48. The van der Waals surface area contributed by atoms with Crippen LogP contribution in [0.2, 0.25) is 0 Å². The van der Waals surface area contributed by atoms with Crippen LogP contribution in [0.25, 0.3) is 0 Å². The molecule has 1 aromatic heterocycles. The van der Waals surface area contributed by atoms with E-state index in [1.54, 1.807) is 30.5 Å². The predicted molar refractivity (Wildman–Crippen MR) is 180 cm³/mol. The average molecular weight is 619 g/mol. The molecule has 0 unspecified atom stereocenters. The molecule has 0 amide bonds. The van der Waals surface area contributed by atoms with E-state index in [2.05, 4.69) is 19.7 Å². The Morgan fingerprint density at radius 1 is 0.370 bits per heavy atom. The topological polar surface area (TPSA) is 104 Å². The van der Waals surface area contributed by atoms with E-state index in [-0.39, 0.29) is 23.0 Å². The van der Waals surface area contributed by atoms with Crippen LogP contribution in [0.5, 0.6) is 23.0 Å². The molecule has 0 saturated carbocycles. The zero-order chi connectivity index (χ0) is 32.1. The third kappa shape index (κ3) is 9.55. The van der Waals surface area contributed by atoms with Gasteiger partial charge in [-0.1, -0.05) is 78.9 Å². The van der Waals surface area contributed by atoms with Gasteiger partial charge < -0.3 is 20.4 Å². The molecule has 0 aliphatic carbocycles. The van der Waals surface area contributed by atoms with Crippen LogP contribution in [0, 0.1) is 0 Å². The van der Waals surface area contributed by atoms with Gasteiger partial charge in [0.05, 0.1) is 5.69 Å². The summed E-state index contributed by atoms with van der Waals surface area (Å²) >= 11 is 0. The molecule has 0 saturated heterocycles. The van der Waals surface area contributed by atoms with Crippen molar-refractivity contribution < 1.29 is 20.4 Å². The fraction of sp³-hybridized carbons (Fsp3) is 0.237. The van der Waals surface area contributed by atoms with Gasteiger partial charge in [0.15, 0.2) is 0 Å². The molecular weight excluding hydrogens is 576 g/mol. The number of phenolic OH excluding ortho intramolecular Hbond substituents is 4. The SMILES string of the molecule is Oc1ccccc1CN(CCN(CCN(Cc1ccccc1O)Cc1ccccc1O)Cc1ccccn1)Cc1ccccc1O. The van der Waals surface area contributed by atoms with Crippen LogP contribution in [-0.4, -0.2) is 66.3 Å². The lowest BCUT2D eigenvalue weighted by Gasteiger charge is -2.30. The van der Waals surface area contributed by atoms with Crippen molar-refractivity contribution in [3.63, 3.8) is 0 Å². The molecule has 1 heterocycles. The summed E-state index contributed by atoms with van der Waals surface area (Å²) in [4.78, 5) is 11.4. The molecule has 5 rings (SSSR count). The van der Waals surface area contributed by atoms with Crippen molar-refractivity contribution in [2.24, 2.45) is 0 Å². The Morgan fingerprint density at radius 3 is 1.02 bits per heavy atom. The standard InChI is InChI=1S/C38H42N4O4/c43-35-16-5-1-11-30(35)25-41(26-31-12-2-6-17-36(31)44)23-21-40(29-34-15-9-10-20-39-34)22-24-42(27-32-13-3-7-18-37(32)45)28-33-14-4-8-19-38(33)46/h1-20,43-46H,21-29H2. The zero-order valence-electron chi connectivity index (χ0n) is 26.0. The Balaban J connectivity index is 1.35. The molecule has 0 fully saturated rings. The Morgan fingerprint density at radius 2 is 0.696 bits per heavy atom. The van der Waals surface area contributed by atoms with Crippen molar-refractivity contribution in [1.82, 2.24) is 19.7 Å². The van der Waals surface area contributed by atoms with Gasteiger partial charge in [-0.15, -0.1) is 0 Å². The summed E-state index contributed by atoms with van der Waals surface area (Å²) in [5.41, 5.74) is 4.26. The van der Waals surface area contributed by atoms with Gasteiger partial charge in [0, 0.05) is 87.4 Å². The highest BCUT2D eigenvalue weighted by Gasteiger charge is 2.18. The molecule has 0 atom stereocenters. The van der Waals surface area contributed by atoms with Crippen molar-refractivity contribution in [3.05, 3.63) is 149 Å². The summed E-state index contributed by atoms with van der Waals surface area (Å²) in [6, 6.07) is 35.4. The number of aromatic hydroxyl groups is 4. The quantitative estimate of drug-likeness (QED) is 0.105. The van der Waals surface area contributed by atoms with Crippen molar-refractivity contribution in [3.8, 4) is 23.0 Å². The second-order valence-corrected chi connectivity index (χ2v) is 11.5. The van der Waals surface area contributed by atoms with Crippen LogP contribution in [0.1, 0.15) is 27.9 Å². The number of rotatable bonds is 16. The van der Waals surface area contributed by atoms with Gasteiger partial charge in [-0.3, -0.25) is 19.7 Å². The molecule has 8 heteroatoms. The molecule has 0 aliphatic heterocycles. The number of aromatic nitrogens is 1. The molecule has 0 aliphatic rings. The normalized spacial score (nSPS) is 11.5. The van der Waals surface area contributed by atoms with Gasteiger partial charge >= 0.3 is 0 Å². The smallest absolute Gasteiger partial charge is 0.120 e. The van der Waals surface area contributed by atoms with E-state index in [9.17, 15) is 20.4 Å². The van der Waals surface area contributed by atoms with Crippen molar-refractivity contribution in [2.45, 2.75) is 32.7 Å². The van der Waals surface area contributed by atoms with Crippen LogP contribution >= 0.6 is 0 Å². The van der Waals surface area contributed by atoms with E-state index >= 15 is 0 Å². The maximum absolute atomic E-state index is 10.5. The Labute approximate surface area is 271 Å². The van der Waals surface area contributed by atoms with Crippen molar-refractivity contribution >= 4 is 0 Å². The van der Waals surface area contributed by atoms with Crippen molar-refractivity contribution in [2.75, 3.05) is 26.2 Å². The molecule has 46 heavy (non-hydrogen) atoms. The average Bonchev–Trinajstić information content (AvgIpc) is 3.06. The Bertz CT molecular complexity index is 1470. The third-order valence-electron chi connectivity index (χ3n) is 8.12. The van der Waals surface area contributed by atoms with E-state index < -0.39 is 0 Å². The molecule has 4 aromatic carbocycles. The van der Waals surface area contributed by atoms with Gasteiger partial charge in [0.25, 0.3) is 0 Å². The number of hydrogen-bond donors (Lipinski definition) is 4. The summed E-state index contributed by atoms with van der Waals surface area (Å²) < 4.78 is 0.